The second-order valence-corrected chi connectivity index (χ2v) is 7.84. The molecule has 126 valence electrons. The number of allylic oxidation sites excluding steroid dienone is 1. The predicted octanol–water partition coefficient (Wildman–Crippen LogP) is 3.39. The van der Waals surface area contributed by atoms with Crippen LogP contribution in [0.15, 0.2) is 34.5 Å². The van der Waals surface area contributed by atoms with Crippen molar-refractivity contribution in [2.75, 3.05) is 0 Å². The average Bonchev–Trinajstić information content (AvgIpc) is 3.15. The van der Waals surface area contributed by atoms with Crippen molar-refractivity contribution in [1.29, 1.82) is 0 Å². The van der Waals surface area contributed by atoms with E-state index < -0.39 is 5.91 Å². The van der Waals surface area contributed by atoms with E-state index in [0.29, 0.717) is 17.5 Å². The van der Waals surface area contributed by atoms with E-state index in [1.165, 1.54) is 17.7 Å². The van der Waals surface area contributed by atoms with E-state index in [2.05, 4.69) is 24.8 Å². The van der Waals surface area contributed by atoms with Crippen LogP contribution in [0.5, 0.6) is 0 Å². The molecule has 2 N–H and O–H groups in total. The lowest BCUT2D eigenvalue weighted by Crippen LogP contribution is -2.25. The SMILES string of the molecule is CC1(C)CCC2=C(CC(N3Cc4cccc(C(=O)NO)c4C3)=N2)C1. The van der Waals surface area contributed by atoms with E-state index in [-0.39, 0.29) is 0 Å². The topological polar surface area (TPSA) is 64.9 Å². The Morgan fingerprint density at radius 1 is 1.33 bits per heavy atom. The zero-order chi connectivity index (χ0) is 16.9. The fourth-order valence-corrected chi connectivity index (χ4v) is 4.15. The molecule has 0 saturated heterocycles. The number of amides is 1. The smallest absolute Gasteiger partial charge is 0.274 e. The lowest BCUT2D eigenvalue weighted by atomic mass is 9.76. The summed E-state index contributed by atoms with van der Waals surface area (Å²) >= 11 is 0. The minimum atomic E-state index is -0.443. The van der Waals surface area contributed by atoms with E-state index in [1.807, 2.05) is 6.07 Å². The lowest BCUT2D eigenvalue weighted by molar-refractivity contribution is 0.0705. The van der Waals surface area contributed by atoms with Crippen LogP contribution in [-0.2, 0) is 13.1 Å². The summed E-state index contributed by atoms with van der Waals surface area (Å²) in [4.78, 5) is 19.0. The summed E-state index contributed by atoms with van der Waals surface area (Å²) in [6, 6.07) is 5.68. The van der Waals surface area contributed by atoms with Crippen molar-refractivity contribution in [3.8, 4) is 0 Å². The number of nitrogens with one attached hydrogen (secondary N) is 1. The van der Waals surface area contributed by atoms with Gasteiger partial charge in [-0.15, -0.1) is 0 Å². The molecule has 0 aromatic heterocycles. The van der Waals surface area contributed by atoms with Crippen LogP contribution in [0.4, 0.5) is 0 Å². The molecule has 4 rings (SSSR count). The molecule has 1 aromatic carbocycles. The molecular formula is C19H23N3O2. The van der Waals surface area contributed by atoms with Crippen molar-refractivity contribution in [2.24, 2.45) is 10.4 Å². The zero-order valence-electron chi connectivity index (χ0n) is 14.2. The predicted molar refractivity (Wildman–Crippen MR) is 91.7 cm³/mol. The molecule has 1 aliphatic carbocycles. The van der Waals surface area contributed by atoms with Gasteiger partial charge in [0.25, 0.3) is 5.91 Å². The number of hydrogen-bond acceptors (Lipinski definition) is 4. The Bertz CT molecular complexity index is 777. The molecule has 2 aliphatic heterocycles. The zero-order valence-corrected chi connectivity index (χ0v) is 14.2. The summed E-state index contributed by atoms with van der Waals surface area (Å²) in [7, 11) is 0. The molecule has 1 aromatic rings. The van der Waals surface area contributed by atoms with Crippen LogP contribution < -0.4 is 5.48 Å². The van der Waals surface area contributed by atoms with Gasteiger partial charge in [-0.05, 0) is 47.4 Å². The van der Waals surface area contributed by atoms with Gasteiger partial charge in [0.2, 0.25) is 0 Å². The second kappa shape index (κ2) is 5.45. The number of carbonyl (C=O) groups excluding carboxylic acids is 1. The maximum absolute atomic E-state index is 11.9. The number of rotatable bonds is 1. The monoisotopic (exact) mass is 325 g/mol. The number of hydrogen-bond donors (Lipinski definition) is 2. The van der Waals surface area contributed by atoms with Crippen molar-refractivity contribution in [2.45, 2.75) is 52.6 Å². The minimum absolute atomic E-state index is 0.379. The molecule has 0 saturated carbocycles. The van der Waals surface area contributed by atoms with E-state index >= 15 is 0 Å². The largest absolute Gasteiger partial charge is 0.351 e. The molecule has 0 unspecified atom stereocenters. The van der Waals surface area contributed by atoms with Crippen LogP contribution in [0.1, 0.15) is 61.0 Å². The van der Waals surface area contributed by atoms with Gasteiger partial charge in [0, 0.05) is 30.8 Å². The Balaban J connectivity index is 1.54. The highest BCUT2D eigenvalue weighted by molar-refractivity contribution is 5.96. The first-order valence-electron chi connectivity index (χ1n) is 8.55. The molecule has 0 spiro atoms. The molecule has 1 amide bonds. The highest BCUT2D eigenvalue weighted by atomic mass is 16.5. The van der Waals surface area contributed by atoms with Crippen molar-refractivity contribution < 1.29 is 10.0 Å². The fraction of sp³-hybridized carbons (Fsp3) is 0.474. The molecule has 3 aliphatic rings. The Morgan fingerprint density at radius 2 is 2.17 bits per heavy atom. The lowest BCUT2D eigenvalue weighted by Gasteiger charge is -2.29. The third-order valence-corrected chi connectivity index (χ3v) is 5.47. The van der Waals surface area contributed by atoms with Crippen molar-refractivity contribution in [3.63, 3.8) is 0 Å². The second-order valence-electron chi connectivity index (χ2n) is 7.84. The van der Waals surface area contributed by atoms with Gasteiger partial charge >= 0.3 is 0 Å². The molecule has 5 heteroatoms. The summed E-state index contributed by atoms with van der Waals surface area (Å²) in [5.74, 6) is 0.686. The molecule has 0 fully saturated rings. The Morgan fingerprint density at radius 3 is 2.96 bits per heavy atom. The van der Waals surface area contributed by atoms with Crippen molar-refractivity contribution in [3.05, 3.63) is 46.2 Å². The quantitative estimate of drug-likeness (QED) is 0.614. The first-order valence-corrected chi connectivity index (χ1v) is 8.55. The highest BCUT2D eigenvalue weighted by Gasteiger charge is 2.34. The summed E-state index contributed by atoms with van der Waals surface area (Å²) in [5, 5.41) is 8.94. The van der Waals surface area contributed by atoms with Crippen LogP contribution in [0.3, 0.4) is 0 Å². The van der Waals surface area contributed by atoms with Crippen molar-refractivity contribution >= 4 is 11.7 Å². The van der Waals surface area contributed by atoms with Crippen LogP contribution in [-0.4, -0.2) is 21.8 Å². The Hall–Kier alpha value is -2.14. The number of aliphatic imine (C=N–C) groups is 1. The van der Waals surface area contributed by atoms with Gasteiger partial charge in [-0.25, -0.2) is 10.5 Å². The number of amidine groups is 1. The van der Waals surface area contributed by atoms with Crippen LogP contribution in [0.2, 0.25) is 0 Å². The highest BCUT2D eigenvalue weighted by Crippen LogP contribution is 2.43. The average molecular weight is 325 g/mol. The number of fused-ring (bicyclic) bond motifs is 1. The molecule has 24 heavy (non-hydrogen) atoms. The van der Waals surface area contributed by atoms with Gasteiger partial charge in [-0.2, -0.15) is 0 Å². The molecular weight excluding hydrogens is 302 g/mol. The van der Waals surface area contributed by atoms with Crippen LogP contribution in [0.25, 0.3) is 0 Å². The molecule has 5 nitrogen and oxygen atoms in total. The standard InChI is InChI=1S/C19H23N3O2/c1-19(2)7-6-16-13(9-19)8-17(20-16)22-10-12-4-3-5-14(15(12)11-22)18(23)21-24/h3-5,24H,6-11H2,1-2H3,(H,21,23). The fourth-order valence-electron chi connectivity index (χ4n) is 4.15. The van der Waals surface area contributed by atoms with Gasteiger partial charge in [-0.1, -0.05) is 26.0 Å². The van der Waals surface area contributed by atoms with Gasteiger partial charge in [-0.3, -0.25) is 10.0 Å². The number of benzene rings is 1. The van der Waals surface area contributed by atoms with Crippen molar-refractivity contribution in [1.82, 2.24) is 10.4 Å². The van der Waals surface area contributed by atoms with E-state index in [4.69, 9.17) is 10.2 Å². The van der Waals surface area contributed by atoms with Gasteiger partial charge in [0.15, 0.2) is 0 Å². The van der Waals surface area contributed by atoms with Gasteiger partial charge < -0.3 is 4.90 Å². The first kappa shape index (κ1) is 15.4. The minimum Gasteiger partial charge on any atom is -0.351 e. The first-order chi connectivity index (χ1) is 11.5. The Kier molecular flexibility index (Phi) is 3.49. The molecule has 2 heterocycles. The summed E-state index contributed by atoms with van der Waals surface area (Å²) in [5.41, 5.74) is 7.60. The maximum Gasteiger partial charge on any atom is 0.274 e. The van der Waals surface area contributed by atoms with E-state index in [1.54, 1.807) is 11.5 Å². The summed E-state index contributed by atoms with van der Waals surface area (Å²) in [6.07, 6.45) is 4.34. The summed E-state index contributed by atoms with van der Waals surface area (Å²) in [6.45, 7) is 6.13. The number of nitrogens with zero attached hydrogens (tertiary/aromatic N) is 2. The van der Waals surface area contributed by atoms with Gasteiger partial charge in [0.05, 0.1) is 0 Å². The van der Waals surface area contributed by atoms with Crippen LogP contribution in [0, 0.1) is 5.41 Å². The third kappa shape index (κ3) is 2.53. The van der Waals surface area contributed by atoms with E-state index in [0.717, 1.165) is 42.8 Å². The Labute approximate surface area is 142 Å². The van der Waals surface area contributed by atoms with Gasteiger partial charge in [0.1, 0.15) is 5.84 Å². The maximum atomic E-state index is 11.9. The molecule has 0 atom stereocenters. The normalized spacial score (nSPS) is 21.5. The number of hydroxylamine groups is 1. The number of carbonyl (C=O) groups is 1. The summed E-state index contributed by atoms with van der Waals surface area (Å²) < 4.78 is 0. The molecule has 0 bridgehead atoms. The van der Waals surface area contributed by atoms with E-state index in [9.17, 15) is 4.79 Å². The van der Waals surface area contributed by atoms with Crippen LogP contribution >= 0.6 is 0 Å². The third-order valence-electron chi connectivity index (χ3n) is 5.47. The molecule has 0 radical (unpaired) electrons.